The molecule has 0 unspecified atom stereocenters. The van der Waals surface area contributed by atoms with Gasteiger partial charge in [-0.25, -0.2) is 8.42 Å². The second-order valence-electron chi connectivity index (χ2n) is 6.91. The molecule has 1 N–H and O–H groups in total. The Kier molecular flexibility index (Phi) is 4.88. The topological polar surface area (TPSA) is 70.1 Å². The van der Waals surface area contributed by atoms with Crippen molar-refractivity contribution in [1.82, 2.24) is 9.21 Å². The van der Waals surface area contributed by atoms with Crippen LogP contribution in [0.3, 0.4) is 0 Å². The van der Waals surface area contributed by atoms with Crippen molar-refractivity contribution in [3.8, 4) is 5.75 Å². The summed E-state index contributed by atoms with van der Waals surface area (Å²) in [4.78, 5) is 2.49. The smallest absolute Gasteiger partial charge is 0.243 e. The average molecular weight is 354 g/mol. The molecule has 3 rings (SSSR count). The van der Waals surface area contributed by atoms with Gasteiger partial charge in [0.1, 0.15) is 5.75 Å². The van der Waals surface area contributed by atoms with E-state index in [1.165, 1.54) is 0 Å². The third-order valence-corrected chi connectivity index (χ3v) is 7.55. The van der Waals surface area contributed by atoms with Gasteiger partial charge in [-0.1, -0.05) is 0 Å². The van der Waals surface area contributed by atoms with E-state index in [4.69, 9.17) is 4.74 Å². The quantitative estimate of drug-likeness (QED) is 0.879. The highest BCUT2D eigenvalue weighted by Gasteiger charge is 2.48. The summed E-state index contributed by atoms with van der Waals surface area (Å²) in [6.45, 7) is 1.96. The largest absolute Gasteiger partial charge is 0.497 e. The number of aliphatic hydroxyl groups is 1. The molecule has 0 aromatic heterocycles. The molecule has 1 aromatic rings. The zero-order valence-electron chi connectivity index (χ0n) is 14.3. The number of likely N-dealkylation sites (N-methyl/N-ethyl adjacent to an activating group) is 1. The van der Waals surface area contributed by atoms with E-state index in [1.807, 2.05) is 7.05 Å². The molecule has 2 aliphatic rings. The molecule has 0 aliphatic carbocycles. The summed E-state index contributed by atoms with van der Waals surface area (Å²) in [5, 5.41) is 9.95. The second-order valence-corrected chi connectivity index (χ2v) is 8.85. The van der Waals surface area contributed by atoms with Crippen LogP contribution < -0.4 is 4.74 Å². The number of benzene rings is 1. The average Bonchev–Trinajstić information content (AvgIpc) is 2.61. The van der Waals surface area contributed by atoms with E-state index in [9.17, 15) is 13.5 Å². The van der Waals surface area contributed by atoms with Gasteiger partial charge in [-0.05, 0) is 57.1 Å². The fourth-order valence-corrected chi connectivity index (χ4v) is 5.55. The van der Waals surface area contributed by atoms with Crippen LogP contribution in [0, 0.1) is 5.41 Å². The summed E-state index contributed by atoms with van der Waals surface area (Å²) in [5.41, 5.74) is -0.168. The van der Waals surface area contributed by atoms with Gasteiger partial charge in [0.25, 0.3) is 0 Å². The van der Waals surface area contributed by atoms with Crippen molar-refractivity contribution in [2.24, 2.45) is 5.41 Å². The number of piperidine rings is 2. The van der Waals surface area contributed by atoms with Crippen molar-refractivity contribution < 1.29 is 18.3 Å². The molecule has 2 atom stereocenters. The highest BCUT2D eigenvalue weighted by atomic mass is 32.2. The van der Waals surface area contributed by atoms with Gasteiger partial charge in [0, 0.05) is 24.5 Å². The first-order valence-electron chi connectivity index (χ1n) is 8.38. The molecular formula is C17H26N2O4S. The van der Waals surface area contributed by atoms with Crippen molar-refractivity contribution in [2.45, 2.75) is 30.2 Å². The summed E-state index contributed by atoms with van der Waals surface area (Å²) in [7, 11) is 0.0561. The molecule has 2 saturated heterocycles. The maximum absolute atomic E-state index is 13.0. The summed E-state index contributed by atoms with van der Waals surface area (Å²) in [5.74, 6) is 0.638. The molecule has 134 valence electrons. The number of aliphatic hydroxyl groups excluding tert-OH is 1. The number of hydrogen-bond donors (Lipinski definition) is 1. The number of fused-ring (bicyclic) bond motifs is 1. The Hall–Kier alpha value is -1.15. The van der Waals surface area contributed by atoms with Crippen molar-refractivity contribution in [1.29, 1.82) is 0 Å². The van der Waals surface area contributed by atoms with Gasteiger partial charge in [0.05, 0.1) is 18.6 Å². The Balaban J connectivity index is 1.84. The van der Waals surface area contributed by atoms with Crippen LogP contribution in [0.25, 0.3) is 0 Å². The number of rotatable bonds is 4. The van der Waals surface area contributed by atoms with Crippen LogP contribution in [0.2, 0.25) is 0 Å². The molecule has 7 heteroatoms. The number of likely N-dealkylation sites (tertiary alicyclic amines) is 1. The SMILES string of the molecule is COc1ccc(S(=O)(=O)N2CC[C@@]3(CO)CCCN(C)[C@@H]3C2)cc1. The third-order valence-electron chi connectivity index (χ3n) is 5.67. The minimum absolute atomic E-state index is 0.0676. The lowest BCUT2D eigenvalue weighted by Gasteiger charge is -2.53. The molecule has 0 amide bonds. The lowest BCUT2D eigenvalue weighted by atomic mass is 9.69. The summed E-state index contributed by atoms with van der Waals surface area (Å²) < 4.78 is 32.6. The monoisotopic (exact) mass is 354 g/mol. The lowest BCUT2D eigenvalue weighted by Crippen LogP contribution is -2.62. The van der Waals surface area contributed by atoms with E-state index in [0.717, 1.165) is 19.4 Å². The highest BCUT2D eigenvalue weighted by Crippen LogP contribution is 2.42. The van der Waals surface area contributed by atoms with Crippen LogP contribution in [0.5, 0.6) is 5.75 Å². The Labute approximate surface area is 144 Å². The van der Waals surface area contributed by atoms with Gasteiger partial charge in [-0.15, -0.1) is 0 Å². The van der Waals surface area contributed by atoms with E-state index < -0.39 is 10.0 Å². The molecule has 0 radical (unpaired) electrons. The Morgan fingerprint density at radius 3 is 2.58 bits per heavy atom. The van der Waals surface area contributed by atoms with Gasteiger partial charge < -0.3 is 14.7 Å². The van der Waals surface area contributed by atoms with Crippen molar-refractivity contribution in [3.05, 3.63) is 24.3 Å². The lowest BCUT2D eigenvalue weighted by molar-refractivity contribution is -0.0508. The van der Waals surface area contributed by atoms with E-state index in [1.54, 1.807) is 35.7 Å². The van der Waals surface area contributed by atoms with Crippen LogP contribution in [0.4, 0.5) is 0 Å². The van der Waals surface area contributed by atoms with Crippen molar-refractivity contribution >= 4 is 10.0 Å². The number of sulfonamides is 1. The van der Waals surface area contributed by atoms with E-state index in [2.05, 4.69) is 4.90 Å². The molecule has 1 aromatic carbocycles. The maximum Gasteiger partial charge on any atom is 0.243 e. The summed E-state index contributed by atoms with van der Waals surface area (Å²) in [6.07, 6.45) is 2.72. The molecule has 0 saturated carbocycles. The molecule has 0 bridgehead atoms. The van der Waals surface area contributed by atoms with E-state index >= 15 is 0 Å². The highest BCUT2D eigenvalue weighted by molar-refractivity contribution is 7.89. The first kappa shape index (κ1) is 17.7. The van der Waals surface area contributed by atoms with Crippen LogP contribution in [0.1, 0.15) is 19.3 Å². The molecule has 6 nitrogen and oxygen atoms in total. The van der Waals surface area contributed by atoms with Gasteiger partial charge in [0.2, 0.25) is 10.0 Å². The predicted molar refractivity (Wildman–Crippen MR) is 91.5 cm³/mol. The van der Waals surface area contributed by atoms with Crippen LogP contribution in [-0.4, -0.2) is 69.2 Å². The van der Waals surface area contributed by atoms with Crippen molar-refractivity contribution in [2.75, 3.05) is 40.4 Å². The maximum atomic E-state index is 13.0. The molecule has 0 spiro atoms. The number of ether oxygens (including phenoxy) is 1. The van der Waals surface area contributed by atoms with E-state index in [0.29, 0.717) is 30.2 Å². The Bertz CT molecular complexity index is 676. The van der Waals surface area contributed by atoms with Crippen LogP contribution >= 0.6 is 0 Å². The van der Waals surface area contributed by atoms with Gasteiger partial charge >= 0.3 is 0 Å². The van der Waals surface area contributed by atoms with Gasteiger partial charge in [-0.2, -0.15) is 4.31 Å². The Morgan fingerprint density at radius 1 is 1.25 bits per heavy atom. The molecular weight excluding hydrogens is 328 g/mol. The Morgan fingerprint density at radius 2 is 1.96 bits per heavy atom. The first-order valence-corrected chi connectivity index (χ1v) is 9.82. The first-order chi connectivity index (χ1) is 11.4. The number of nitrogens with zero attached hydrogens (tertiary/aromatic N) is 2. The molecule has 24 heavy (non-hydrogen) atoms. The third kappa shape index (κ3) is 2.94. The van der Waals surface area contributed by atoms with Crippen LogP contribution in [0.15, 0.2) is 29.2 Å². The standard InChI is InChI=1S/C17H26N2O4S/c1-18-10-3-8-17(13-20)9-11-19(12-16(17)18)24(21,22)15-6-4-14(23-2)5-7-15/h4-7,16,20H,3,8-13H2,1-2H3/t16-,17-/m1/s1. The second kappa shape index (κ2) is 6.63. The molecule has 2 heterocycles. The number of methoxy groups -OCH3 is 1. The fourth-order valence-electron chi connectivity index (χ4n) is 4.11. The normalized spacial score (nSPS) is 29.2. The van der Waals surface area contributed by atoms with Crippen molar-refractivity contribution in [3.63, 3.8) is 0 Å². The van der Waals surface area contributed by atoms with Gasteiger partial charge in [-0.3, -0.25) is 0 Å². The van der Waals surface area contributed by atoms with E-state index in [-0.39, 0.29) is 18.1 Å². The minimum atomic E-state index is -3.53. The zero-order valence-corrected chi connectivity index (χ0v) is 15.1. The summed E-state index contributed by atoms with van der Waals surface area (Å²) >= 11 is 0. The number of hydrogen-bond acceptors (Lipinski definition) is 5. The molecule has 2 aliphatic heterocycles. The predicted octanol–water partition coefficient (Wildman–Crippen LogP) is 1.16. The zero-order chi connectivity index (χ0) is 17.4. The molecule has 2 fully saturated rings. The minimum Gasteiger partial charge on any atom is -0.497 e. The van der Waals surface area contributed by atoms with Crippen LogP contribution in [-0.2, 0) is 10.0 Å². The fraction of sp³-hybridized carbons (Fsp3) is 0.647. The summed E-state index contributed by atoms with van der Waals surface area (Å²) in [6, 6.07) is 6.58. The van der Waals surface area contributed by atoms with Gasteiger partial charge in [0.15, 0.2) is 0 Å².